The van der Waals surface area contributed by atoms with Gasteiger partial charge in [-0.15, -0.1) is 0 Å². The molecule has 0 spiro atoms. The van der Waals surface area contributed by atoms with Crippen LogP contribution in [0.4, 0.5) is 0 Å². The molecule has 3 rings (SSSR count). The van der Waals surface area contributed by atoms with E-state index >= 15 is 0 Å². The van der Waals surface area contributed by atoms with E-state index in [0.29, 0.717) is 5.41 Å². The van der Waals surface area contributed by atoms with Crippen LogP contribution in [-0.4, -0.2) is 8.07 Å². The first-order valence-electron chi connectivity index (χ1n) is 8.90. The molecule has 0 amide bonds. The Balaban J connectivity index is 0.00000144. The molecule has 2 aliphatic carbocycles. The summed E-state index contributed by atoms with van der Waals surface area (Å²) in [5.74, 6) is 0. The number of halogens is 2. The fourth-order valence-corrected chi connectivity index (χ4v) is 14.9. The van der Waals surface area contributed by atoms with Gasteiger partial charge < -0.3 is 24.8 Å². The molecule has 1 saturated heterocycles. The van der Waals surface area contributed by atoms with Crippen LogP contribution in [0.25, 0.3) is 0 Å². The minimum atomic E-state index is -1.02. The van der Waals surface area contributed by atoms with Crippen molar-refractivity contribution in [2.45, 2.75) is 72.5 Å². The quantitative estimate of drug-likeness (QED) is 0.532. The summed E-state index contributed by atoms with van der Waals surface area (Å²) in [5.41, 5.74) is 5.19. The van der Waals surface area contributed by atoms with Crippen LogP contribution >= 0.6 is 0 Å². The van der Waals surface area contributed by atoms with Crippen LogP contribution < -0.4 is 24.8 Å². The molecule has 0 aromatic rings. The average Bonchev–Trinajstić information content (AvgIpc) is 2.94. The molecular formula is C20H30Cl2SiZr. The van der Waals surface area contributed by atoms with Gasteiger partial charge in [0.15, 0.2) is 0 Å². The first kappa shape index (κ1) is 22.7. The third-order valence-electron chi connectivity index (χ3n) is 6.83. The fourth-order valence-electron chi connectivity index (χ4n) is 4.53. The fraction of sp³-hybridized carbons (Fsp3) is 0.600. The molecule has 0 unspecified atom stereocenters. The van der Waals surface area contributed by atoms with Gasteiger partial charge in [0.25, 0.3) is 0 Å². The Bertz CT molecular complexity index is 629. The van der Waals surface area contributed by atoms with E-state index in [9.17, 15) is 0 Å². The van der Waals surface area contributed by atoms with Crippen LogP contribution in [0.2, 0.25) is 18.1 Å². The van der Waals surface area contributed by atoms with Gasteiger partial charge in [-0.05, 0) is 0 Å². The zero-order valence-electron chi connectivity index (χ0n) is 15.9. The van der Waals surface area contributed by atoms with Crippen LogP contribution in [0.5, 0.6) is 0 Å². The van der Waals surface area contributed by atoms with Crippen molar-refractivity contribution in [3.05, 3.63) is 40.6 Å². The van der Waals surface area contributed by atoms with Crippen LogP contribution in [0, 0.1) is 5.41 Å². The maximum Gasteiger partial charge on any atom is -1.00 e. The molecule has 0 saturated carbocycles. The summed E-state index contributed by atoms with van der Waals surface area (Å²) in [5, 5.41) is 1.92. The molecule has 4 heteroatoms. The molecule has 0 aromatic heterocycles. The van der Waals surface area contributed by atoms with Gasteiger partial charge in [-0.2, -0.15) is 0 Å². The summed E-state index contributed by atoms with van der Waals surface area (Å²) in [7, 11) is -1.02. The molecule has 0 bridgehead atoms. The van der Waals surface area contributed by atoms with E-state index in [1.54, 1.807) is 28.8 Å². The molecule has 0 nitrogen and oxygen atoms in total. The Morgan fingerprint density at radius 2 is 1.71 bits per heavy atom. The van der Waals surface area contributed by atoms with Crippen molar-refractivity contribution in [2.75, 3.05) is 0 Å². The van der Waals surface area contributed by atoms with Crippen molar-refractivity contribution in [3.8, 4) is 0 Å². The van der Waals surface area contributed by atoms with E-state index in [1.807, 2.05) is 11.8 Å². The topological polar surface area (TPSA) is 0 Å². The minimum Gasteiger partial charge on any atom is -1.00 e. The second-order valence-corrected chi connectivity index (χ2v) is 16.1. The predicted octanol–water partition coefficient (Wildman–Crippen LogP) is 0.353. The molecule has 132 valence electrons. The van der Waals surface area contributed by atoms with Gasteiger partial charge in [-0.25, -0.2) is 0 Å². The molecular weight excluding hydrogens is 430 g/mol. The van der Waals surface area contributed by atoms with E-state index in [1.165, 1.54) is 18.9 Å². The summed E-state index contributed by atoms with van der Waals surface area (Å²) in [6, 6.07) is 4.63. The summed E-state index contributed by atoms with van der Waals surface area (Å²) >= 11 is -0.609. The van der Waals surface area contributed by atoms with Gasteiger partial charge in [-0.1, -0.05) is 0 Å². The van der Waals surface area contributed by atoms with Crippen molar-refractivity contribution in [3.63, 3.8) is 0 Å². The Morgan fingerprint density at radius 1 is 1.08 bits per heavy atom. The van der Waals surface area contributed by atoms with Gasteiger partial charge in [0, 0.05) is 0 Å². The Hall–Kier alpha value is 0.640. The SMILES string of the molecule is CC[Si]1(C2=[C]([Zr+2][C]3=C(C)C(C)=C(C)C3(C)C)CC=C2)CCC1.[Cl-].[Cl-]. The number of rotatable bonds is 4. The normalized spacial score (nSPS) is 23.8. The van der Waals surface area contributed by atoms with Crippen LogP contribution in [-0.2, 0) is 23.2 Å². The molecule has 0 aromatic carbocycles. The van der Waals surface area contributed by atoms with Crippen LogP contribution in [0.1, 0.15) is 54.4 Å². The average molecular weight is 461 g/mol. The summed E-state index contributed by atoms with van der Waals surface area (Å²) < 4.78 is 3.81. The zero-order chi connectivity index (χ0) is 16.1. The summed E-state index contributed by atoms with van der Waals surface area (Å²) in [6.45, 7) is 14.5. The Labute approximate surface area is 173 Å². The van der Waals surface area contributed by atoms with E-state index in [-0.39, 0.29) is 24.8 Å². The van der Waals surface area contributed by atoms with Crippen LogP contribution in [0.3, 0.4) is 0 Å². The number of hydrogen-bond donors (Lipinski definition) is 0. The van der Waals surface area contributed by atoms with E-state index in [2.05, 4.69) is 53.7 Å². The Morgan fingerprint density at radius 3 is 2.12 bits per heavy atom. The largest absolute Gasteiger partial charge is 1.00 e. The van der Waals surface area contributed by atoms with E-state index in [0.717, 1.165) is 0 Å². The molecule has 1 fully saturated rings. The molecule has 1 aliphatic heterocycles. The van der Waals surface area contributed by atoms with Gasteiger partial charge in [0.05, 0.1) is 0 Å². The second kappa shape index (κ2) is 8.12. The van der Waals surface area contributed by atoms with Gasteiger partial charge in [0.1, 0.15) is 0 Å². The van der Waals surface area contributed by atoms with Gasteiger partial charge in [-0.3, -0.25) is 0 Å². The predicted molar refractivity (Wildman–Crippen MR) is 96.1 cm³/mol. The first-order valence-corrected chi connectivity index (χ1v) is 14.0. The molecule has 0 radical (unpaired) electrons. The molecule has 0 N–H and O–H groups in total. The summed E-state index contributed by atoms with van der Waals surface area (Å²) in [6.07, 6.45) is 7.85. The van der Waals surface area contributed by atoms with E-state index in [4.69, 9.17) is 0 Å². The van der Waals surface area contributed by atoms with Gasteiger partial charge >= 0.3 is 150 Å². The minimum absolute atomic E-state index is 0. The van der Waals surface area contributed by atoms with Gasteiger partial charge in [0.2, 0.25) is 0 Å². The smallest absolute Gasteiger partial charge is 1.00 e. The van der Waals surface area contributed by atoms with Crippen molar-refractivity contribution >= 4 is 8.07 Å². The zero-order valence-corrected chi connectivity index (χ0v) is 20.9. The standard InChI is InChI=1S/C10H15Si.C10H15.2ClH.Zr/c1-2-11(8-5-9-11)10-6-3-4-7-10;1-7-6-10(4,5)9(3)8(7)2;;;/h3,6H,2,4-5,8-9H2,1H3;1-5H3;2*1H;/q;;;;+2/p-2. The maximum atomic E-state index is 2.57. The Kier molecular flexibility index (Phi) is 7.67. The van der Waals surface area contributed by atoms with Crippen molar-refractivity contribution in [1.82, 2.24) is 0 Å². The van der Waals surface area contributed by atoms with E-state index < -0.39 is 31.3 Å². The monoisotopic (exact) mass is 458 g/mol. The first-order chi connectivity index (χ1) is 10.3. The maximum absolute atomic E-state index is 2.57. The summed E-state index contributed by atoms with van der Waals surface area (Å²) in [4.78, 5) is 0. The number of allylic oxidation sites excluding steroid dienone is 8. The molecule has 24 heavy (non-hydrogen) atoms. The third-order valence-corrected chi connectivity index (χ3v) is 18.0. The van der Waals surface area contributed by atoms with Crippen molar-refractivity contribution in [1.29, 1.82) is 0 Å². The molecule has 3 aliphatic rings. The molecule has 0 atom stereocenters. The van der Waals surface area contributed by atoms with Crippen molar-refractivity contribution in [2.24, 2.45) is 5.41 Å². The molecule has 1 heterocycles. The number of hydrogen-bond acceptors (Lipinski definition) is 0. The van der Waals surface area contributed by atoms with Crippen molar-refractivity contribution < 1.29 is 48.0 Å². The van der Waals surface area contributed by atoms with Crippen LogP contribution in [0.15, 0.2) is 40.6 Å². The third kappa shape index (κ3) is 3.42. The second-order valence-electron chi connectivity index (χ2n) is 7.99.